The van der Waals surface area contributed by atoms with Crippen LogP contribution in [-0.2, 0) is 14.4 Å². The summed E-state index contributed by atoms with van der Waals surface area (Å²) in [5.41, 5.74) is -2.25. The van der Waals surface area contributed by atoms with Crippen LogP contribution in [0.15, 0.2) is 42.5 Å². The second-order valence-electron chi connectivity index (χ2n) is 7.00. The van der Waals surface area contributed by atoms with Crippen molar-refractivity contribution in [2.24, 2.45) is 23.2 Å². The van der Waals surface area contributed by atoms with E-state index in [4.69, 9.17) is 0 Å². The minimum absolute atomic E-state index is 0.334. The summed E-state index contributed by atoms with van der Waals surface area (Å²) >= 11 is 0. The first-order valence-electron chi connectivity index (χ1n) is 7.69. The molecule has 1 aromatic rings. The van der Waals surface area contributed by atoms with Crippen LogP contribution in [0.3, 0.4) is 0 Å². The van der Waals surface area contributed by atoms with Gasteiger partial charge >= 0.3 is 0 Å². The van der Waals surface area contributed by atoms with E-state index in [9.17, 15) is 19.5 Å². The molecule has 5 heteroatoms. The molecule has 1 aromatic carbocycles. The van der Waals surface area contributed by atoms with Gasteiger partial charge in [-0.25, -0.2) is 4.90 Å². The number of amides is 2. The number of ketones is 1. The van der Waals surface area contributed by atoms with Crippen LogP contribution in [0, 0.1) is 23.2 Å². The fraction of sp³-hybridized carbons (Fsp3) is 0.389. The molecular formula is C18H17NO4. The summed E-state index contributed by atoms with van der Waals surface area (Å²) in [5, 5.41) is 10.6. The Kier molecular flexibility index (Phi) is 2.60. The van der Waals surface area contributed by atoms with Crippen molar-refractivity contribution in [3.8, 4) is 0 Å². The molecule has 1 N–H and O–H groups in total. The molecule has 1 saturated heterocycles. The highest BCUT2D eigenvalue weighted by atomic mass is 16.3. The standard InChI is InChI=1S/C18H17NO4/c1-17-9-8-11(18(2,23)16(17)22)12-13(17)15(21)19(14(12)20)10-6-4-3-5-7-10/h3-9,11-13,23H,1-2H3/t11-,12+,13-,17+,18+/m1/s1. The molecule has 0 radical (unpaired) electrons. The summed E-state index contributed by atoms with van der Waals surface area (Å²) in [6.45, 7) is 3.09. The zero-order valence-corrected chi connectivity index (χ0v) is 12.9. The van der Waals surface area contributed by atoms with Crippen molar-refractivity contribution in [1.82, 2.24) is 0 Å². The predicted molar refractivity (Wildman–Crippen MR) is 82.3 cm³/mol. The molecule has 0 aromatic heterocycles. The molecule has 23 heavy (non-hydrogen) atoms. The van der Waals surface area contributed by atoms with Gasteiger partial charge in [0.25, 0.3) is 0 Å². The largest absolute Gasteiger partial charge is 0.382 e. The lowest BCUT2D eigenvalue weighted by atomic mass is 9.50. The molecule has 0 spiro atoms. The van der Waals surface area contributed by atoms with Crippen molar-refractivity contribution in [3.05, 3.63) is 42.5 Å². The molecule has 1 aliphatic heterocycles. The first kappa shape index (κ1) is 14.3. The van der Waals surface area contributed by atoms with E-state index in [1.54, 1.807) is 43.3 Å². The second kappa shape index (κ2) is 4.17. The van der Waals surface area contributed by atoms with E-state index in [0.717, 1.165) is 0 Å². The lowest BCUT2D eigenvalue weighted by molar-refractivity contribution is -0.169. The van der Waals surface area contributed by atoms with Gasteiger partial charge in [-0.05, 0) is 26.0 Å². The summed E-state index contributed by atoms with van der Waals surface area (Å²) in [4.78, 5) is 39.7. The maximum atomic E-state index is 12.9. The van der Waals surface area contributed by atoms with Gasteiger partial charge < -0.3 is 5.11 Å². The number of imide groups is 1. The number of rotatable bonds is 1. The first-order valence-corrected chi connectivity index (χ1v) is 7.69. The number of anilines is 1. The molecule has 5 nitrogen and oxygen atoms in total. The number of fused-ring (bicyclic) bond motifs is 1. The topological polar surface area (TPSA) is 74.7 Å². The van der Waals surface area contributed by atoms with E-state index in [0.29, 0.717) is 5.69 Å². The van der Waals surface area contributed by atoms with Crippen molar-refractivity contribution in [2.45, 2.75) is 19.4 Å². The van der Waals surface area contributed by atoms with E-state index in [2.05, 4.69) is 0 Å². The van der Waals surface area contributed by atoms with Gasteiger partial charge in [0.05, 0.1) is 22.9 Å². The third-order valence-electron chi connectivity index (χ3n) is 5.65. The highest BCUT2D eigenvalue weighted by Gasteiger charge is 2.70. The number of carbonyl (C=O) groups is 3. The predicted octanol–water partition coefficient (Wildman–Crippen LogP) is 1.32. The fourth-order valence-corrected chi connectivity index (χ4v) is 4.49. The summed E-state index contributed by atoms with van der Waals surface area (Å²) in [5.74, 6) is -3.16. The number of aliphatic hydroxyl groups is 1. The molecule has 4 aliphatic rings. The van der Waals surface area contributed by atoms with Gasteiger partial charge in [0.2, 0.25) is 11.8 Å². The molecule has 0 unspecified atom stereocenters. The van der Waals surface area contributed by atoms with Gasteiger partial charge in [-0.2, -0.15) is 0 Å². The quantitative estimate of drug-likeness (QED) is 0.627. The smallest absolute Gasteiger partial charge is 0.239 e. The Morgan fingerprint density at radius 2 is 1.70 bits per heavy atom. The molecular weight excluding hydrogens is 294 g/mol. The highest BCUT2D eigenvalue weighted by Crippen LogP contribution is 2.58. The number of hydrogen-bond acceptors (Lipinski definition) is 4. The normalized spacial score (nSPS) is 41.6. The molecule has 2 amide bonds. The average Bonchev–Trinajstić information content (AvgIpc) is 2.79. The van der Waals surface area contributed by atoms with E-state index in [1.165, 1.54) is 11.8 Å². The average molecular weight is 311 g/mol. The van der Waals surface area contributed by atoms with Crippen molar-refractivity contribution in [1.29, 1.82) is 0 Å². The van der Waals surface area contributed by atoms with Crippen molar-refractivity contribution >= 4 is 23.3 Å². The SMILES string of the molecule is C[C@@]1(O)C(=O)[C@@]2(C)C=C[C@@H]1[C@@H]1C(=O)N(c3ccccc3)C(=O)[C@@H]12. The van der Waals surface area contributed by atoms with Crippen molar-refractivity contribution < 1.29 is 19.5 Å². The monoisotopic (exact) mass is 311 g/mol. The number of Topliss-reactive ketones (excluding diaryl/α,β-unsaturated/α-hetero) is 1. The lowest BCUT2D eigenvalue weighted by Crippen LogP contribution is -2.64. The second-order valence-corrected chi connectivity index (χ2v) is 7.00. The summed E-state index contributed by atoms with van der Waals surface area (Å²) in [7, 11) is 0. The minimum atomic E-state index is -1.62. The van der Waals surface area contributed by atoms with Crippen LogP contribution in [0.5, 0.6) is 0 Å². The van der Waals surface area contributed by atoms with E-state index < -0.39 is 28.8 Å². The van der Waals surface area contributed by atoms with Crippen LogP contribution < -0.4 is 4.90 Å². The van der Waals surface area contributed by atoms with Crippen LogP contribution in [0.4, 0.5) is 5.69 Å². The van der Waals surface area contributed by atoms with Crippen molar-refractivity contribution in [3.63, 3.8) is 0 Å². The Hall–Kier alpha value is -2.27. The molecule has 118 valence electrons. The van der Waals surface area contributed by atoms with E-state index in [-0.39, 0.29) is 17.6 Å². The van der Waals surface area contributed by atoms with Gasteiger partial charge in [0.1, 0.15) is 5.60 Å². The Bertz CT molecular complexity index is 766. The Balaban J connectivity index is 1.88. The highest BCUT2D eigenvalue weighted by molar-refractivity contribution is 6.25. The number of benzene rings is 1. The molecule has 2 bridgehead atoms. The zero-order chi connectivity index (χ0) is 16.6. The Morgan fingerprint density at radius 1 is 1.04 bits per heavy atom. The summed E-state index contributed by atoms with van der Waals surface area (Å²) in [6.07, 6.45) is 3.42. The molecule has 1 heterocycles. The lowest BCUT2D eigenvalue weighted by Gasteiger charge is -2.51. The first-order chi connectivity index (χ1) is 10.8. The fourth-order valence-electron chi connectivity index (χ4n) is 4.49. The zero-order valence-electron chi connectivity index (χ0n) is 12.9. The number of allylic oxidation sites excluding steroid dienone is 1. The molecule has 1 saturated carbocycles. The van der Waals surface area contributed by atoms with Crippen LogP contribution in [0.1, 0.15) is 13.8 Å². The Labute approximate surface area is 133 Å². The molecule has 3 aliphatic carbocycles. The van der Waals surface area contributed by atoms with Crippen LogP contribution >= 0.6 is 0 Å². The van der Waals surface area contributed by atoms with E-state index in [1.807, 2.05) is 6.07 Å². The third kappa shape index (κ3) is 1.53. The summed E-state index contributed by atoms with van der Waals surface area (Å²) < 4.78 is 0. The third-order valence-corrected chi connectivity index (χ3v) is 5.65. The maximum absolute atomic E-state index is 12.9. The van der Waals surface area contributed by atoms with Gasteiger partial charge in [-0.15, -0.1) is 0 Å². The maximum Gasteiger partial charge on any atom is 0.239 e. The van der Waals surface area contributed by atoms with Gasteiger partial charge in [0, 0.05) is 5.92 Å². The minimum Gasteiger partial charge on any atom is -0.382 e. The number of hydrogen-bond donors (Lipinski definition) is 1. The van der Waals surface area contributed by atoms with Crippen molar-refractivity contribution in [2.75, 3.05) is 4.90 Å². The van der Waals surface area contributed by atoms with Crippen LogP contribution in [0.25, 0.3) is 0 Å². The summed E-state index contributed by atoms with van der Waals surface area (Å²) in [6, 6.07) is 8.72. The van der Waals surface area contributed by atoms with Gasteiger partial charge in [-0.3, -0.25) is 14.4 Å². The molecule has 2 fully saturated rings. The molecule has 5 rings (SSSR count). The molecule has 5 atom stereocenters. The van der Waals surface area contributed by atoms with Crippen LogP contribution in [0.2, 0.25) is 0 Å². The number of para-hydroxylation sites is 1. The number of carbonyl (C=O) groups excluding carboxylic acids is 3. The van der Waals surface area contributed by atoms with E-state index >= 15 is 0 Å². The van der Waals surface area contributed by atoms with Gasteiger partial charge in [-0.1, -0.05) is 30.4 Å². The van der Waals surface area contributed by atoms with Crippen LogP contribution in [-0.4, -0.2) is 28.3 Å². The Morgan fingerprint density at radius 3 is 2.35 bits per heavy atom. The number of nitrogens with zero attached hydrogens (tertiary/aromatic N) is 1. The van der Waals surface area contributed by atoms with Gasteiger partial charge in [0.15, 0.2) is 5.78 Å².